The van der Waals surface area contributed by atoms with Crippen LogP contribution >= 0.6 is 0 Å². The number of hydrogen-bond donors (Lipinski definition) is 1. The predicted molar refractivity (Wildman–Crippen MR) is 72.0 cm³/mol. The third kappa shape index (κ3) is 8.50. The Labute approximate surface area is 119 Å². The van der Waals surface area contributed by atoms with E-state index >= 15 is 0 Å². The topological polar surface area (TPSA) is 89.9 Å². The molecule has 0 unspecified atom stereocenters. The summed E-state index contributed by atoms with van der Waals surface area (Å²) in [5, 5.41) is 8.69. The van der Waals surface area contributed by atoms with Crippen molar-refractivity contribution in [1.82, 2.24) is 0 Å². The van der Waals surface area contributed by atoms with Gasteiger partial charge in [0.1, 0.15) is 11.2 Å². The summed E-state index contributed by atoms with van der Waals surface area (Å²) in [5.41, 5.74) is -1.50. The van der Waals surface area contributed by atoms with Crippen molar-refractivity contribution in [3.63, 3.8) is 0 Å². The molecule has 0 saturated carbocycles. The molecule has 0 aliphatic carbocycles. The molecular formula is C14H24O6. The van der Waals surface area contributed by atoms with Crippen LogP contribution in [0.5, 0.6) is 0 Å². The Bertz CT molecular complexity index is 344. The monoisotopic (exact) mass is 288 g/mol. The first-order valence-electron chi connectivity index (χ1n) is 6.49. The zero-order valence-electron chi connectivity index (χ0n) is 13.0. The zero-order chi connectivity index (χ0) is 16.1. The predicted octanol–water partition coefficient (Wildman–Crippen LogP) is 2.15. The number of esters is 2. The molecule has 0 aliphatic rings. The van der Waals surface area contributed by atoms with Gasteiger partial charge < -0.3 is 14.6 Å². The molecule has 0 spiro atoms. The van der Waals surface area contributed by atoms with Gasteiger partial charge in [0.15, 0.2) is 5.92 Å². The number of carboxylic acids is 1. The van der Waals surface area contributed by atoms with Gasteiger partial charge in [-0.3, -0.25) is 14.4 Å². The van der Waals surface area contributed by atoms with Crippen molar-refractivity contribution in [3.05, 3.63) is 0 Å². The Balaban J connectivity index is 4.93. The average Bonchev–Trinajstić information content (AvgIpc) is 2.10. The Morgan fingerprint density at radius 3 is 1.50 bits per heavy atom. The van der Waals surface area contributed by atoms with E-state index in [0.29, 0.717) is 0 Å². The minimum absolute atomic E-state index is 0.140. The fraction of sp³-hybridized carbons (Fsp3) is 0.786. The zero-order valence-corrected chi connectivity index (χ0v) is 13.0. The molecule has 6 heteroatoms. The van der Waals surface area contributed by atoms with E-state index in [-0.39, 0.29) is 12.8 Å². The van der Waals surface area contributed by atoms with Crippen LogP contribution in [-0.4, -0.2) is 34.2 Å². The highest BCUT2D eigenvalue weighted by Gasteiger charge is 2.34. The van der Waals surface area contributed by atoms with Crippen molar-refractivity contribution < 1.29 is 29.0 Å². The third-order valence-electron chi connectivity index (χ3n) is 2.03. The average molecular weight is 288 g/mol. The van der Waals surface area contributed by atoms with E-state index in [2.05, 4.69) is 0 Å². The second kappa shape index (κ2) is 6.72. The van der Waals surface area contributed by atoms with E-state index < -0.39 is 35.0 Å². The smallest absolute Gasteiger partial charge is 0.320 e. The molecule has 116 valence electrons. The summed E-state index contributed by atoms with van der Waals surface area (Å²) in [7, 11) is 0. The molecule has 20 heavy (non-hydrogen) atoms. The fourth-order valence-corrected chi connectivity index (χ4v) is 1.35. The minimum Gasteiger partial charge on any atom is -0.481 e. The van der Waals surface area contributed by atoms with Crippen molar-refractivity contribution >= 4 is 17.9 Å². The van der Waals surface area contributed by atoms with Gasteiger partial charge in [-0.2, -0.15) is 0 Å². The van der Waals surface area contributed by atoms with Gasteiger partial charge in [-0.15, -0.1) is 0 Å². The first-order valence-corrected chi connectivity index (χ1v) is 6.49. The lowest BCUT2D eigenvalue weighted by Crippen LogP contribution is -2.37. The highest BCUT2D eigenvalue weighted by atomic mass is 16.6. The summed E-state index contributed by atoms with van der Waals surface area (Å²) in [6.45, 7) is 10.0. The van der Waals surface area contributed by atoms with Crippen LogP contribution < -0.4 is 0 Å². The van der Waals surface area contributed by atoms with E-state index in [0.717, 1.165) is 0 Å². The summed E-state index contributed by atoms with van der Waals surface area (Å²) >= 11 is 0. The number of rotatable bonds is 5. The van der Waals surface area contributed by atoms with Gasteiger partial charge in [-0.05, 0) is 48.0 Å². The number of carbonyl (C=O) groups excluding carboxylic acids is 2. The Kier molecular flexibility index (Phi) is 6.19. The summed E-state index contributed by atoms with van der Waals surface area (Å²) in [5.74, 6) is -3.81. The molecule has 0 bridgehead atoms. The molecule has 0 aliphatic heterocycles. The maximum Gasteiger partial charge on any atom is 0.320 e. The molecule has 0 amide bonds. The normalized spacial score (nSPS) is 12.2. The van der Waals surface area contributed by atoms with Gasteiger partial charge in [-0.25, -0.2) is 0 Å². The molecule has 0 heterocycles. The minimum atomic E-state index is -1.22. The Morgan fingerprint density at radius 1 is 0.900 bits per heavy atom. The lowest BCUT2D eigenvalue weighted by Gasteiger charge is -2.26. The van der Waals surface area contributed by atoms with Crippen LogP contribution in [0.2, 0.25) is 0 Å². The van der Waals surface area contributed by atoms with Crippen molar-refractivity contribution in [2.45, 2.75) is 65.6 Å². The van der Waals surface area contributed by atoms with Crippen LogP contribution in [0.4, 0.5) is 0 Å². The SMILES string of the molecule is CC(C)(C)OC(=O)C(CCC(=O)O)C(=O)OC(C)(C)C. The van der Waals surface area contributed by atoms with Gasteiger partial charge in [-0.1, -0.05) is 0 Å². The quantitative estimate of drug-likeness (QED) is 0.616. The number of carbonyl (C=O) groups is 3. The van der Waals surface area contributed by atoms with Gasteiger partial charge in [0.05, 0.1) is 0 Å². The molecule has 0 aromatic rings. The largest absolute Gasteiger partial charge is 0.481 e. The van der Waals surface area contributed by atoms with Crippen LogP contribution in [0.25, 0.3) is 0 Å². The second-order valence-electron chi connectivity index (χ2n) is 6.55. The Morgan fingerprint density at radius 2 is 1.25 bits per heavy atom. The van der Waals surface area contributed by atoms with Gasteiger partial charge >= 0.3 is 17.9 Å². The van der Waals surface area contributed by atoms with Crippen LogP contribution in [0, 0.1) is 5.92 Å². The van der Waals surface area contributed by atoms with Crippen LogP contribution in [0.15, 0.2) is 0 Å². The van der Waals surface area contributed by atoms with Crippen molar-refractivity contribution in [2.75, 3.05) is 0 Å². The molecule has 6 nitrogen and oxygen atoms in total. The number of hydrogen-bond acceptors (Lipinski definition) is 5. The summed E-state index contributed by atoms with van der Waals surface area (Å²) in [4.78, 5) is 34.6. The first-order chi connectivity index (χ1) is 8.82. The summed E-state index contributed by atoms with van der Waals surface area (Å²) in [6.07, 6.45) is -0.442. The maximum atomic E-state index is 12.0. The molecule has 1 N–H and O–H groups in total. The van der Waals surface area contributed by atoms with E-state index in [1.165, 1.54) is 0 Å². The molecule has 0 aromatic carbocycles. The maximum absolute atomic E-state index is 12.0. The van der Waals surface area contributed by atoms with Crippen molar-refractivity contribution in [2.24, 2.45) is 5.92 Å². The van der Waals surface area contributed by atoms with Crippen molar-refractivity contribution in [3.8, 4) is 0 Å². The highest BCUT2D eigenvalue weighted by molar-refractivity contribution is 5.95. The van der Waals surface area contributed by atoms with E-state index in [4.69, 9.17) is 14.6 Å². The molecule has 0 radical (unpaired) electrons. The number of aliphatic carboxylic acids is 1. The standard InChI is InChI=1S/C14H24O6/c1-13(2,3)19-11(17)9(7-8-10(15)16)12(18)20-14(4,5)6/h9H,7-8H2,1-6H3,(H,15,16). The van der Waals surface area contributed by atoms with Gasteiger partial charge in [0.2, 0.25) is 0 Å². The summed E-state index contributed by atoms with van der Waals surface area (Å²) in [6, 6.07) is 0. The molecule has 0 fully saturated rings. The van der Waals surface area contributed by atoms with E-state index in [1.54, 1.807) is 41.5 Å². The molecule has 0 aromatic heterocycles. The highest BCUT2D eigenvalue weighted by Crippen LogP contribution is 2.19. The third-order valence-corrected chi connectivity index (χ3v) is 2.03. The molecule has 0 saturated heterocycles. The molecular weight excluding hydrogens is 264 g/mol. The lowest BCUT2D eigenvalue weighted by molar-refractivity contribution is -0.174. The van der Waals surface area contributed by atoms with Crippen LogP contribution in [-0.2, 0) is 23.9 Å². The fourth-order valence-electron chi connectivity index (χ4n) is 1.35. The number of carboxylic acid groups (broad SMARTS) is 1. The molecule has 0 atom stereocenters. The molecule has 0 rings (SSSR count). The Hall–Kier alpha value is -1.59. The van der Waals surface area contributed by atoms with E-state index in [1.807, 2.05) is 0 Å². The van der Waals surface area contributed by atoms with Gasteiger partial charge in [0, 0.05) is 6.42 Å². The van der Waals surface area contributed by atoms with Crippen LogP contribution in [0.3, 0.4) is 0 Å². The second-order valence-corrected chi connectivity index (χ2v) is 6.55. The first kappa shape index (κ1) is 18.4. The lowest BCUT2D eigenvalue weighted by atomic mass is 10.0. The number of ether oxygens (including phenoxy) is 2. The van der Waals surface area contributed by atoms with E-state index in [9.17, 15) is 14.4 Å². The summed E-state index contributed by atoms with van der Waals surface area (Å²) < 4.78 is 10.3. The van der Waals surface area contributed by atoms with Crippen molar-refractivity contribution in [1.29, 1.82) is 0 Å². The van der Waals surface area contributed by atoms with Crippen LogP contribution in [0.1, 0.15) is 54.4 Å². The van der Waals surface area contributed by atoms with Gasteiger partial charge in [0.25, 0.3) is 0 Å².